The molecule has 16 heavy (non-hydrogen) atoms. The lowest BCUT2D eigenvalue weighted by Crippen LogP contribution is -2.36. The van der Waals surface area contributed by atoms with E-state index in [0.29, 0.717) is 11.7 Å². The van der Waals surface area contributed by atoms with Crippen molar-refractivity contribution in [3.8, 4) is 5.75 Å². The molecule has 2 heterocycles. The van der Waals surface area contributed by atoms with Gasteiger partial charge in [-0.1, -0.05) is 18.6 Å². The molecule has 2 aliphatic rings. The van der Waals surface area contributed by atoms with Crippen molar-refractivity contribution in [1.29, 1.82) is 0 Å². The highest BCUT2D eigenvalue weighted by Crippen LogP contribution is 2.38. The third kappa shape index (κ3) is 1.71. The van der Waals surface area contributed by atoms with E-state index in [1.807, 2.05) is 12.1 Å². The van der Waals surface area contributed by atoms with Crippen LogP contribution in [0, 0.1) is 0 Å². The van der Waals surface area contributed by atoms with Crippen molar-refractivity contribution in [2.24, 2.45) is 0 Å². The molecule has 2 saturated heterocycles. The summed E-state index contributed by atoms with van der Waals surface area (Å²) >= 11 is 0. The van der Waals surface area contributed by atoms with Gasteiger partial charge in [-0.25, -0.2) is 0 Å². The van der Waals surface area contributed by atoms with Crippen LogP contribution in [0.15, 0.2) is 24.3 Å². The van der Waals surface area contributed by atoms with Gasteiger partial charge >= 0.3 is 0 Å². The Morgan fingerprint density at radius 1 is 1.00 bits per heavy atom. The Balaban J connectivity index is 1.82. The van der Waals surface area contributed by atoms with E-state index >= 15 is 0 Å². The van der Waals surface area contributed by atoms with Crippen LogP contribution in [-0.2, 0) is 0 Å². The Morgan fingerprint density at radius 2 is 1.81 bits per heavy atom. The first-order valence-corrected chi connectivity index (χ1v) is 6.37. The summed E-state index contributed by atoms with van der Waals surface area (Å²) < 4.78 is 0. The number of aromatic hydroxyl groups is 1. The van der Waals surface area contributed by atoms with Crippen molar-refractivity contribution >= 4 is 0 Å². The second-order valence-electron chi connectivity index (χ2n) is 5.09. The fourth-order valence-corrected chi connectivity index (χ4v) is 3.36. The number of hydrogen-bond acceptors (Lipinski definition) is 2. The van der Waals surface area contributed by atoms with Gasteiger partial charge in [0.1, 0.15) is 5.75 Å². The zero-order valence-electron chi connectivity index (χ0n) is 9.60. The molecule has 2 nitrogen and oxygen atoms in total. The normalized spacial score (nSPS) is 30.2. The molecule has 1 N–H and O–H groups in total. The SMILES string of the molecule is Oc1ccc(C2CCN3CCCCC23)cc1. The maximum Gasteiger partial charge on any atom is 0.115 e. The van der Waals surface area contributed by atoms with E-state index in [9.17, 15) is 5.11 Å². The largest absolute Gasteiger partial charge is 0.508 e. The van der Waals surface area contributed by atoms with Crippen LogP contribution in [0.5, 0.6) is 5.75 Å². The van der Waals surface area contributed by atoms with Gasteiger partial charge in [-0.3, -0.25) is 4.90 Å². The predicted molar refractivity (Wildman–Crippen MR) is 64.7 cm³/mol. The summed E-state index contributed by atoms with van der Waals surface area (Å²) in [6.07, 6.45) is 5.40. The van der Waals surface area contributed by atoms with Crippen LogP contribution in [0.25, 0.3) is 0 Å². The van der Waals surface area contributed by atoms with E-state index in [4.69, 9.17) is 0 Å². The van der Waals surface area contributed by atoms with Crippen LogP contribution in [0.1, 0.15) is 37.2 Å². The number of phenols is 1. The average molecular weight is 217 g/mol. The number of piperidine rings is 1. The van der Waals surface area contributed by atoms with Gasteiger partial charge in [-0.15, -0.1) is 0 Å². The summed E-state index contributed by atoms with van der Waals surface area (Å²) in [7, 11) is 0. The summed E-state index contributed by atoms with van der Waals surface area (Å²) in [4.78, 5) is 2.65. The Labute approximate surface area is 96.9 Å². The molecule has 86 valence electrons. The Bertz CT molecular complexity index is 360. The lowest BCUT2D eigenvalue weighted by atomic mass is 9.87. The Hall–Kier alpha value is -1.02. The zero-order chi connectivity index (χ0) is 11.0. The molecule has 2 aliphatic heterocycles. The fourth-order valence-electron chi connectivity index (χ4n) is 3.36. The second kappa shape index (κ2) is 4.10. The van der Waals surface area contributed by atoms with Crippen molar-refractivity contribution in [2.45, 2.75) is 37.6 Å². The molecule has 0 aromatic heterocycles. The number of hydrogen-bond donors (Lipinski definition) is 1. The van der Waals surface area contributed by atoms with Crippen LogP contribution in [-0.4, -0.2) is 29.1 Å². The molecular weight excluding hydrogens is 198 g/mol. The average Bonchev–Trinajstić information content (AvgIpc) is 2.74. The number of rotatable bonds is 1. The van der Waals surface area contributed by atoms with Crippen LogP contribution in [0.2, 0.25) is 0 Å². The summed E-state index contributed by atoms with van der Waals surface area (Å²) in [6, 6.07) is 8.59. The van der Waals surface area contributed by atoms with Crippen molar-refractivity contribution in [3.63, 3.8) is 0 Å². The van der Waals surface area contributed by atoms with Crippen LogP contribution >= 0.6 is 0 Å². The van der Waals surface area contributed by atoms with Crippen LogP contribution in [0.3, 0.4) is 0 Å². The van der Waals surface area contributed by atoms with E-state index in [2.05, 4.69) is 17.0 Å². The minimum Gasteiger partial charge on any atom is -0.508 e. The molecule has 2 unspecified atom stereocenters. The molecule has 2 heteroatoms. The van der Waals surface area contributed by atoms with Gasteiger partial charge in [0.25, 0.3) is 0 Å². The second-order valence-corrected chi connectivity index (χ2v) is 5.09. The highest BCUT2D eigenvalue weighted by atomic mass is 16.3. The van der Waals surface area contributed by atoms with Crippen molar-refractivity contribution in [3.05, 3.63) is 29.8 Å². The van der Waals surface area contributed by atoms with Gasteiger partial charge in [-0.2, -0.15) is 0 Å². The summed E-state index contributed by atoms with van der Waals surface area (Å²) in [6.45, 7) is 2.55. The highest BCUT2D eigenvalue weighted by molar-refractivity contribution is 5.30. The Morgan fingerprint density at radius 3 is 2.62 bits per heavy atom. The summed E-state index contributed by atoms with van der Waals surface area (Å²) in [5.41, 5.74) is 1.41. The lowest BCUT2D eigenvalue weighted by Gasteiger charge is -2.32. The molecule has 0 saturated carbocycles. The molecule has 2 fully saturated rings. The maximum absolute atomic E-state index is 9.32. The van der Waals surface area contributed by atoms with Crippen molar-refractivity contribution < 1.29 is 5.11 Å². The standard InChI is InChI=1S/C14H19NO/c16-12-6-4-11(5-7-12)13-8-10-15-9-2-1-3-14(13)15/h4-7,13-14,16H,1-3,8-10H2. The maximum atomic E-state index is 9.32. The van der Waals surface area contributed by atoms with Crippen molar-refractivity contribution in [1.82, 2.24) is 4.90 Å². The molecule has 2 atom stereocenters. The monoisotopic (exact) mass is 217 g/mol. The van der Waals surface area contributed by atoms with Gasteiger partial charge in [-0.05, 0) is 50.0 Å². The predicted octanol–water partition coefficient (Wildman–Crippen LogP) is 2.73. The molecule has 0 amide bonds. The molecule has 1 aromatic rings. The molecule has 3 rings (SSSR count). The van der Waals surface area contributed by atoms with Crippen LogP contribution < -0.4 is 0 Å². The fraction of sp³-hybridized carbons (Fsp3) is 0.571. The number of phenolic OH excluding ortho intramolecular Hbond substituents is 1. The van der Waals surface area contributed by atoms with E-state index < -0.39 is 0 Å². The molecule has 0 spiro atoms. The molecule has 0 aliphatic carbocycles. The number of fused-ring (bicyclic) bond motifs is 1. The van der Waals surface area contributed by atoms with E-state index in [1.165, 1.54) is 44.3 Å². The smallest absolute Gasteiger partial charge is 0.115 e. The molecule has 0 bridgehead atoms. The van der Waals surface area contributed by atoms with Gasteiger partial charge in [0.05, 0.1) is 0 Å². The van der Waals surface area contributed by atoms with E-state index in [1.54, 1.807) is 0 Å². The molecular formula is C14H19NO. The van der Waals surface area contributed by atoms with Gasteiger partial charge in [0, 0.05) is 12.0 Å². The topological polar surface area (TPSA) is 23.5 Å². The Kier molecular flexibility index (Phi) is 2.60. The zero-order valence-corrected chi connectivity index (χ0v) is 9.60. The first kappa shape index (κ1) is 10.2. The lowest BCUT2D eigenvalue weighted by molar-refractivity contribution is 0.189. The van der Waals surface area contributed by atoms with Crippen LogP contribution in [0.4, 0.5) is 0 Å². The third-order valence-electron chi connectivity index (χ3n) is 4.18. The van der Waals surface area contributed by atoms with Gasteiger partial charge in [0.15, 0.2) is 0 Å². The number of benzene rings is 1. The van der Waals surface area contributed by atoms with E-state index in [0.717, 1.165) is 6.04 Å². The highest BCUT2D eigenvalue weighted by Gasteiger charge is 2.35. The first-order valence-electron chi connectivity index (χ1n) is 6.37. The molecule has 1 aromatic carbocycles. The minimum absolute atomic E-state index is 0.377. The van der Waals surface area contributed by atoms with Gasteiger partial charge in [0.2, 0.25) is 0 Å². The van der Waals surface area contributed by atoms with E-state index in [-0.39, 0.29) is 0 Å². The quantitative estimate of drug-likeness (QED) is 0.782. The summed E-state index contributed by atoms with van der Waals surface area (Å²) in [5, 5.41) is 9.32. The number of nitrogens with zero attached hydrogens (tertiary/aromatic N) is 1. The van der Waals surface area contributed by atoms with Crippen molar-refractivity contribution in [2.75, 3.05) is 13.1 Å². The minimum atomic E-state index is 0.377. The van der Waals surface area contributed by atoms with Gasteiger partial charge < -0.3 is 5.11 Å². The summed E-state index contributed by atoms with van der Waals surface area (Å²) in [5.74, 6) is 1.07. The third-order valence-corrected chi connectivity index (χ3v) is 4.18. The first-order chi connectivity index (χ1) is 7.84. The molecule has 0 radical (unpaired) electrons.